The van der Waals surface area contributed by atoms with E-state index in [2.05, 4.69) is 15.2 Å². The molecular weight excluding hydrogens is 438 g/mol. The molecule has 0 unspecified atom stereocenters. The van der Waals surface area contributed by atoms with E-state index in [-0.39, 0.29) is 16.0 Å². The third-order valence-corrected chi connectivity index (χ3v) is 6.56. The van der Waals surface area contributed by atoms with Crippen LogP contribution in [0.1, 0.15) is 27.0 Å². The molecule has 33 heavy (non-hydrogen) atoms. The fourth-order valence-electron chi connectivity index (χ4n) is 3.25. The summed E-state index contributed by atoms with van der Waals surface area (Å²) >= 11 is 0. The van der Waals surface area contributed by atoms with Crippen LogP contribution in [0, 0.1) is 20.8 Å². The number of benzene rings is 3. The molecule has 1 aromatic heterocycles. The highest BCUT2D eigenvalue weighted by Gasteiger charge is 2.17. The number of aryl methyl sites for hydroxylation is 3. The molecule has 1 heterocycles. The summed E-state index contributed by atoms with van der Waals surface area (Å²) in [6.07, 6.45) is 0. The molecule has 168 valence electrons. The maximum absolute atomic E-state index is 13.1. The van der Waals surface area contributed by atoms with Crippen LogP contribution < -0.4 is 15.7 Å². The van der Waals surface area contributed by atoms with Gasteiger partial charge >= 0.3 is 0 Å². The van der Waals surface area contributed by atoms with Crippen LogP contribution >= 0.6 is 0 Å². The second-order valence-corrected chi connectivity index (χ2v) is 9.39. The Balaban J connectivity index is 1.77. The number of nitrogens with one attached hydrogen (secondary N) is 2. The Labute approximate surface area is 191 Å². The van der Waals surface area contributed by atoms with Crippen molar-refractivity contribution in [2.45, 2.75) is 25.7 Å². The van der Waals surface area contributed by atoms with Crippen molar-refractivity contribution in [1.82, 2.24) is 4.83 Å². The number of anilines is 1. The van der Waals surface area contributed by atoms with Crippen molar-refractivity contribution >= 4 is 32.6 Å². The predicted molar refractivity (Wildman–Crippen MR) is 127 cm³/mol. The van der Waals surface area contributed by atoms with Crippen molar-refractivity contribution in [3.05, 3.63) is 101 Å². The summed E-state index contributed by atoms with van der Waals surface area (Å²) in [6, 6.07) is 20.9. The standard InChI is InChI=1S/C25H23N3O4S/c1-16-12-13-20(14-18(16)3)33(30,31)28-27-25-21(15-19-9-5-7-11-23(19)32-25)24(29)26-22-10-6-4-8-17(22)2/h4-15,28H,1-3H3,(H,26,29)/b27-25-. The highest BCUT2D eigenvalue weighted by Crippen LogP contribution is 2.17. The zero-order valence-corrected chi connectivity index (χ0v) is 19.2. The summed E-state index contributed by atoms with van der Waals surface area (Å²) in [6.45, 7) is 5.61. The molecular formula is C25H23N3O4S. The normalized spacial score (nSPS) is 12.0. The van der Waals surface area contributed by atoms with Gasteiger partial charge in [0.05, 0.1) is 4.90 Å². The van der Waals surface area contributed by atoms with Gasteiger partial charge in [-0.15, -0.1) is 5.10 Å². The molecule has 0 bridgehead atoms. The minimum absolute atomic E-state index is 0.0704. The lowest BCUT2D eigenvalue weighted by Crippen LogP contribution is -2.27. The number of hydrogen-bond donors (Lipinski definition) is 2. The van der Waals surface area contributed by atoms with Crippen molar-refractivity contribution in [1.29, 1.82) is 0 Å². The van der Waals surface area contributed by atoms with E-state index in [0.29, 0.717) is 16.7 Å². The van der Waals surface area contributed by atoms with Crippen LogP contribution in [0.5, 0.6) is 0 Å². The molecule has 3 aromatic carbocycles. The number of rotatable bonds is 5. The summed E-state index contributed by atoms with van der Waals surface area (Å²) in [7, 11) is -3.97. The van der Waals surface area contributed by atoms with Crippen LogP contribution in [0.3, 0.4) is 0 Å². The lowest BCUT2D eigenvalue weighted by molar-refractivity contribution is 0.102. The zero-order valence-electron chi connectivity index (χ0n) is 18.4. The third kappa shape index (κ3) is 4.80. The Hall–Kier alpha value is -3.91. The summed E-state index contributed by atoms with van der Waals surface area (Å²) in [5.41, 5.74) is 3.76. The van der Waals surface area contributed by atoms with Crippen molar-refractivity contribution in [2.24, 2.45) is 5.10 Å². The van der Waals surface area contributed by atoms with E-state index >= 15 is 0 Å². The van der Waals surface area contributed by atoms with Gasteiger partial charge in [-0.2, -0.15) is 13.2 Å². The maximum atomic E-state index is 13.1. The molecule has 0 radical (unpaired) electrons. The molecule has 0 spiro atoms. The Kier molecular flexibility index (Phi) is 6.02. The molecule has 7 nitrogen and oxygen atoms in total. The minimum Gasteiger partial charge on any atom is -0.436 e. The highest BCUT2D eigenvalue weighted by molar-refractivity contribution is 7.89. The first-order chi connectivity index (χ1) is 15.7. The minimum atomic E-state index is -3.97. The third-order valence-electron chi connectivity index (χ3n) is 5.35. The summed E-state index contributed by atoms with van der Waals surface area (Å²) < 4.78 is 31.4. The van der Waals surface area contributed by atoms with Crippen LogP contribution in [-0.4, -0.2) is 14.3 Å². The molecule has 0 saturated heterocycles. The molecule has 8 heteroatoms. The number of amides is 1. The van der Waals surface area contributed by atoms with Gasteiger partial charge in [0.25, 0.3) is 15.9 Å². The van der Waals surface area contributed by atoms with E-state index in [1.54, 1.807) is 42.5 Å². The van der Waals surface area contributed by atoms with Crippen LogP contribution in [0.2, 0.25) is 0 Å². The van der Waals surface area contributed by atoms with E-state index in [1.165, 1.54) is 6.07 Å². The van der Waals surface area contributed by atoms with Gasteiger partial charge in [-0.05, 0) is 67.8 Å². The van der Waals surface area contributed by atoms with Gasteiger partial charge < -0.3 is 9.73 Å². The number of fused-ring (bicyclic) bond motifs is 1. The Morgan fingerprint density at radius 3 is 2.33 bits per heavy atom. The van der Waals surface area contributed by atoms with Crippen molar-refractivity contribution < 1.29 is 17.6 Å². The van der Waals surface area contributed by atoms with Crippen molar-refractivity contribution in [3.8, 4) is 0 Å². The van der Waals surface area contributed by atoms with Crippen LogP contribution in [0.15, 0.2) is 87.2 Å². The molecule has 0 saturated carbocycles. The van der Waals surface area contributed by atoms with E-state index < -0.39 is 15.9 Å². The fraction of sp³-hybridized carbons (Fsp3) is 0.120. The lowest BCUT2D eigenvalue weighted by atomic mass is 10.1. The topological polar surface area (TPSA) is 101 Å². The molecule has 2 N–H and O–H groups in total. The first-order valence-electron chi connectivity index (χ1n) is 10.3. The monoisotopic (exact) mass is 461 g/mol. The average Bonchev–Trinajstić information content (AvgIpc) is 2.80. The van der Waals surface area contributed by atoms with Crippen molar-refractivity contribution in [2.75, 3.05) is 5.32 Å². The molecule has 0 aliphatic rings. The van der Waals surface area contributed by atoms with Gasteiger partial charge in [-0.3, -0.25) is 4.79 Å². The van der Waals surface area contributed by atoms with Crippen LogP contribution in [0.25, 0.3) is 11.0 Å². The summed E-state index contributed by atoms with van der Waals surface area (Å²) in [5, 5.41) is 7.50. The van der Waals surface area contributed by atoms with Crippen LogP contribution in [0.4, 0.5) is 5.69 Å². The number of nitrogens with zero attached hydrogens (tertiary/aromatic N) is 1. The van der Waals surface area contributed by atoms with E-state index in [1.807, 2.05) is 45.0 Å². The summed E-state index contributed by atoms with van der Waals surface area (Å²) in [4.78, 5) is 15.4. The number of carbonyl (C=O) groups is 1. The summed E-state index contributed by atoms with van der Waals surface area (Å²) in [5.74, 6) is -0.470. The van der Waals surface area contributed by atoms with Crippen molar-refractivity contribution in [3.63, 3.8) is 0 Å². The van der Waals surface area contributed by atoms with Gasteiger partial charge in [-0.25, -0.2) is 0 Å². The molecule has 1 amide bonds. The van der Waals surface area contributed by atoms with Gasteiger partial charge in [0.2, 0.25) is 5.55 Å². The molecule has 0 aliphatic carbocycles. The quantitative estimate of drug-likeness (QED) is 0.430. The fourth-order valence-corrected chi connectivity index (χ4v) is 4.14. The predicted octanol–water partition coefficient (Wildman–Crippen LogP) is 4.40. The van der Waals surface area contributed by atoms with Gasteiger partial charge in [0.15, 0.2) is 0 Å². The lowest BCUT2D eigenvalue weighted by Gasteiger charge is -2.09. The zero-order chi connectivity index (χ0) is 23.6. The Bertz CT molecular complexity index is 1540. The second kappa shape index (κ2) is 8.91. The van der Waals surface area contributed by atoms with E-state index in [4.69, 9.17) is 4.42 Å². The second-order valence-electron chi connectivity index (χ2n) is 7.72. The molecule has 4 rings (SSSR count). The van der Waals surface area contributed by atoms with Crippen LogP contribution in [-0.2, 0) is 10.0 Å². The molecule has 4 aromatic rings. The van der Waals surface area contributed by atoms with Gasteiger partial charge in [0, 0.05) is 11.1 Å². The van der Waals surface area contributed by atoms with E-state index in [0.717, 1.165) is 16.7 Å². The Morgan fingerprint density at radius 1 is 0.848 bits per heavy atom. The number of sulfonamides is 1. The smallest absolute Gasteiger partial charge is 0.276 e. The maximum Gasteiger partial charge on any atom is 0.276 e. The molecule has 0 fully saturated rings. The number of para-hydroxylation sites is 2. The first-order valence-corrected chi connectivity index (χ1v) is 11.8. The number of hydrogen-bond acceptors (Lipinski definition) is 5. The molecule has 0 atom stereocenters. The van der Waals surface area contributed by atoms with Gasteiger partial charge in [0.1, 0.15) is 11.1 Å². The Morgan fingerprint density at radius 2 is 1.58 bits per heavy atom. The van der Waals surface area contributed by atoms with E-state index in [9.17, 15) is 13.2 Å². The first kappa shape index (κ1) is 22.3. The highest BCUT2D eigenvalue weighted by atomic mass is 32.2. The molecule has 0 aliphatic heterocycles. The largest absolute Gasteiger partial charge is 0.436 e. The number of carbonyl (C=O) groups excluding carboxylic acids is 1. The van der Waals surface area contributed by atoms with Gasteiger partial charge in [-0.1, -0.05) is 42.5 Å². The SMILES string of the molecule is Cc1ccc(S(=O)(=O)N/N=c2\oc3ccccc3cc2C(=O)Nc2ccccc2C)cc1C. The average molecular weight is 462 g/mol.